The number of anilines is 1. The zero-order valence-corrected chi connectivity index (χ0v) is 11.7. The molecule has 5 nitrogen and oxygen atoms in total. The fourth-order valence-electron chi connectivity index (χ4n) is 1.92. The lowest BCUT2D eigenvalue weighted by Crippen LogP contribution is -2.37. The summed E-state index contributed by atoms with van der Waals surface area (Å²) < 4.78 is 6.75. The maximum Gasteiger partial charge on any atom is 0.348 e. The highest BCUT2D eigenvalue weighted by molar-refractivity contribution is 5.93. The molecule has 0 saturated carbocycles. The van der Waals surface area contributed by atoms with Gasteiger partial charge in [0.15, 0.2) is 5.56 Å². The Hall–Kier alpha value is -2.43. The molecule has 0 unspecified atom stereocenters. The van der Waals surface area contributed by atoms with Crippen LogP contribution in [-0.2, 0) is 18.2 Å². The molecule has 0 bridgehead atoms. The van der Waals surface area contributed by atoms with Crippen LogP contribution in [0.5, 0.6) is 0 Å². The number of hydrogen-bond acceptors (Lipinski definition) is 4. The van der Waals surface area contributed by atoms with Gasteiger partial charge < -0.3 is 10.5 Å². The van der Waals surface area contributed by atoms with Gasteiger partial charge in [-0.3, -0.25) is 0 Å². The highest BCUT2D eigenvalue weighted by Crippen LogP contribution is 2.10. The van der Waals surface area contributed by atoms with Gasteiger partial charge in [-0.15, -0.1) is 0 Å². The predicted molar refractivity (Wildman–Crippen MR) is 75.0 cm³/mol. The Bertz CT molecular complexity index is 612. The zero-order valence-electron chi connectivity index (χ0n) is 11.7. The topological polar surface area (TPSA) is 69.1 Å². The van der Waals surface area contributed by atoms with Crippen molar-refractivity contribution in [3.05, 3.63) is 53.5 Å². The molecular weight excluding hydrogens is 254 g/mol. The summed E-state index contributed by atoms with van der Waals surface area (Å²) in [7, 11) is 1.84. The first-order valence-corrected chi connectivity index (χ1v) is 6.48. The van der Waals surface area contributed by atoms with Gasteiger partial charge in [0, 0.05) is 0 Å². The van der Waals surface area contributed by atoms with Crippen molar-refractivity contribution in [2.75, 3.05) is 12.3 Å². The minimum Gasteiger partial charge on any atom is -0.462 e. The van der Waals surface area contributed by atoms with E-state index in [1.807, 2.05) is 37.4 Å². The first kappa shape index (κ1) is 14.0. The lowest BCUT2D eigenvalue weighted by molar-refractivity contribution is -0.682. The second-order valence-corrected chi connectivity index (χ2v) is 4.45. The van der Waals surface area contributed by atoms with E-state index >= 15 is 0 Å². The molecule has 1 heterocycles. The van der Waals surface area contributed by atoms with E-state index < -0.39 is 5.97 Å². The number of nitrogens with zero attached hydrogens (tertiary/aromatic N) is 2. The molecular formula is C15H18N3O2+. The third-order valence-electron chi connectivity index (χ3n) is 2.96. The van der Waals surface area contributed by atoms with Crippen LogP contribution in [0.3, 0.4) is 0 Å². The Balaban J connectivity index is 2.29. The molecule has 2 N–H and O–H groups in total. The quantitative estimate of drug-likeness (QED) is 0.672. The van der Waals surface area contributed by atoms with Crippen molar-refractivity contribution in [3.8, 4) is 0 Å². The van der Waals surface area contributed by atoms with Gasteiger partial charge in [0.25, 0.3) is 5.82 Å². The van der Waals surface area contributed by atoms with E-state index in [2.05, 4.69) is 4.98 Å². The molecule has 0 atom stereocenters. The summed E-state index contributed by atoms with van der Waals surface area (Å²) in [6, 6.07) is 9.97. The van der Waals surface area contributed by atoms with Crippen LogP contribution in [0, 0.1) is 0 Å². The number of hydrogen-bond donors (Lipinski definition) is 1. The number of ether oxygens (including phenoxy) is 1. The fraction of sp³-hybridized carbons (Fsp3) is 0.267. The minimum atomic E-state index is -0.445. The highest BCUT2D eigenvalue weighted by Gasteiger charge is 2.22. The number of benzene rings is 1. The molecule has 0 fully saturated rings. The number of carbonyl (C=O) groups is 1. The van der Waals surface area contributed by atoms with E-state index in [0.717, 1.165) is 11.4 Å². The Kier molecular flexibility index (Phi) is 4.30. The maximum atomic E-state index is 11.7. The van der Waals surface area contributed by atoms with Crippen molar-refractivity contribution < 1.29 is 14.1 Å². The van der Waals surface area contributed by atoms with Gasteiger partial charge >= 0.3 is 11.8 Å². The van der Waals surface area contributed by atoms with Crippen LogP contribution in [0.4, 0.5) is 5.82 Å². The van der Waals surface area contributed by atoms with Crippen molar-refractivity contribution in [1.82, 2.24) is 4.98 Å². The average Bonchev–Trinajstić information content (AvgIpc) is 2.44. The molecule has 2 aromatic rings. The molecule has 104 valence electrons. The SMILES string of the molecule is CCOC(=O)c1c[n+](C)c(Cc2ccccc2)nc1N. The van der Waals surface area contributed by atoms with E-state index in [-0.39, 0.29) is 5.82 Å². The lowest BCUT2D eigenvalue weighted by Gasteiger charge is -2.04. The first-order valence-electron chi connectivity index (χ1n) is 6.48. The number of rotatable bonds is 4. The number of carbonyl (C=O) groups excluding carboxylic acids is 1. The van der Waals surface area contributed by atoms with E-state index in [0.29, 0.717) is 18.6 Å². The fourth-order valence-corrected chi connectivity index (χ4v) is 1.92. The van der Waals surface area contributed by atoms with E-state index in [4.69, 9.17) is 10.5 Å². The molecule has 1 aromatic carbocycles. The zero-order chi connectivity index (χ0) is 14.5. The molecule has 5 heteroatoms. The van der Waals surface area contributed by atoms with Crippen molar-refractivity contribution >= 4 is 11.8 Å². The Labute approximate surface area is 118 Å². The summed E-state index contributed by atoms with van der Waals surface area (Å²) in [6.45, 7) is 2.07. The van der Waals surface area contributed by atoms with Gasteiger partial charge in [0.05, 0.1) is 20.1 Å². The summed E-state index contributed by atoms with van der Waals surface area (Å²) in [5.74, 6) is 0.550. The van der Waals surface area contributed by atoms with Gasteiger partial charge in [-0.2, -0.15) is 0 Å². The number of nitrogen functional groups attached to an aromatic ring is 1. The molecule has 0 aliphatic rings. The van der Waals surface area contributed by atoms with Crippen LogP contribution < -0.4 is 10.3 Å². The van der Waals surface area contributed by atoms with Gasteiger partial charge in [0.1, 0.15) is 6.20 Å². The predicted octanol–water partition coefficient (Wildman–Crippen LogP) is 1.26. The first-order chi connectivity index (χ1) is 9.61. The molecule has 0 spiro atoms. The van der Waals surface area contributed by atoms with Crippen molar-refractivity contribution in [2.24, 2.45) is 7.05 Å². The molecule has 2 rings (SSSR count). The number of esters is 1. The van der Waals surface area contributed by atoms with E-state index in [9.17, 15) is 4.79 Å². The van der Waals surface area contributed by atoms with Crippen LogP contribution in [0.2, 0.25) is 0 Å². The second-order valence-electron chi connectivity index (χ2n) is 4.45. The highest BCUT2D eigenvalue weighted by atomic mass is 16.5. The van der Waals surface area contributed by atoms with Crippen LogP contribution in [0.1, 0.15) is 28.7 Å². The average molecular weight is 272 g/mol. The Morgan fingerprint density at radius 3 is 2.70 bits per heavy atom. The van der Waals surface area contributed by atoms with Gasteiger partial charge in [-0.25, -0.2) is 9.36 Å². The second kappa shape index (κ2) is 6.14. The smallest absolute Gasteiger partial charge is 0.348 e. The Morgan fingerprint density at radius 2 is 2.05 bits per heavy atom. The molecule has 1 aromatic heterocycles. The molecule has 0 amide bonds. The summed E-state index contributed by atoms with van der Waals surface area (Å²) >= 11 is 0. The third kappa shape index (κ3) is 3.12. The Morgan fingerprint density at radius 1 is 1.35 bits per heavy atom. The monoisotopic (exact) mass is 272 g/mol. The standard InChI is InChI=1S/C15H17N3O2/c1-3-20-15(19)12-10-18(2)13(17-14(12)16)9-11-7-5-4-6-8-11/h4-8,10,16H,3,9H2,1-2H3/p+1. The maximum absolute atomic E-state index is 11.7. The van der Waals surface area contributed by atoms with Crippen LogP contribution in [0.15, 0.2) is 36.5 Å². The van der Waals surface area contributed by atoms with E-state index in [1.165, 1.54) is 0 Å². The third-order valence-corrected chi connectivity index (χ3v) is 2.96. The minimum absolute atomic E-state index is 0.201. The number of aryl methyl sites for hydroxylation is 1. The summed E-state index contributed by atoms with van der Waals surface area (Å²) in [4.78, 5) is 16.0. The van der Waals surface area contributed by atoms with Crippen molar-refractivity contribution in [1.29, 1.82) is 0 Å². The lowest BCUT2D eigenvalue weighted by atomic mass is 10.1. The summed E-state index contributed by atoms with van der Waals surface area (Å²) in [6.07, 6.45) is 2.32. The van der Waals surface area contributed by atoms with Gasteiger partial charge in [-0.05, 0) is 17.5 Å². The normalized spacial score (nSPS) is 10.3. The van der Waals surface area contributed by atoms with Gasteiger partial charge in [0.2, 0.25) is 0 Å². The van der Waals surface area contributed by atoms with Crippen LogP contribution in [-0.4, -0.2) is 17.6 Å². The van der Waals surface area contributed by atoms with Crippen molar-refractivity contribution in [3.63, 3.8) is 0 Å². The van der Waals surface area contributed by atoms with Gasteiger partial charge in [-0.1, -0.05) is 30.3 Å². The summed E-state index contributed by atoms with van der Waals surface area (Å²) in [5, 5.41) is 0. The molecule has 0 aliphatic carbocycles. The van der Waals surface area contributed by atoms with E-state index in [1.54, 1.807) is 17.7 Å². The number of aromatic nitrogens is 2. The molecule has 20 heavy (non-hydrogen) atoms. The van der Waals surface area contributed by atoms with Crippen LogP contribution in [0.25, 0.3) is 0 Å². The molecule has 0 radical (unpaired) electrons. The van der Waals surface area contributed by atoms with Crippen molar-refractivity contribution in [2.45, 2.75) is 13.3 Å². The summed E-state index contributed by atoms with van der Waals surface area (Å²) in [5.41, 5.74) is 7.29. The molecule has 0 saturated heterocycles. The number of nitrogens with two attached hydrogens (primary N) is 1. The molecule has 0 aliphatic heterocycles. The van der Waals surface area contributed by atoms with Crippen LogP contribution >= 0.6 is 0 Å². The largest absolute Gasteiger partial charge is 0.462 e.